The highest BCUT2D eigenvalue weighted by molar-refractivity contribution is 7.98. The number of hydrogen-bond acceptors (Lipinski definition) is 2. The van der Waals surface area contributed by atoms with E-state index in [9.17, 15) is 0 Å². The molecule has 0 amide bonds. The van der Waals surface area contributed by atoms with Crippen LogP contribution in [0.25, 0.3) is 21.9 Å². The van der Waals surface area contributed by atoms with E-state index < -0.39 is 0 Å². The minimum atomic E-state index is 1.07. The number of hydrogen-bond donors (Lipinski definition) is 0. The summed E-state index contributed by atoms with van der Waals surface area (Å²) in [6, 6.07) is 8.50. The quantitative estimate of drug-likeness (QED) is 0.605. The van der Waals surface area contributed by atoms with Gasteiger partial charge in [0.05, 0.1) is 5.52 Å². The fourth-order valence-corrected chi connectivity index (χ4v) is 3.21. The first kappa shape index (κ1) is 10.7. The van der Waals surface area contributed by atoms with Crippen molar-refractivity contribution < 1.29 is 0 Å². The number of rotatable bonds is 1. The fraction of sp³-hybridized carbons (Fsp3) is 0.214. The number of thioether (sulfide) groups is 1. The first-order valence-electron chi connectivity index (χ1n) is 5.60. The van der Waals surface area contributed by atoms with Crippen LogP contribution in [0.2, 0.25) is 0 Å². The number of fused-ring (bicyclic) bond motifs is 3. The van der Waals surface area contributed by atoms with Crippen LogP contribution in [0.3, 0.4) is 0 Å². The molecule has 0 fully saturated rings. The summed E-state index contributed by atoms with van der Waals surface area (Å²) in [7, 11) is 2.08. The lowest BCUT2D eigenvalue weighted by atomic mass is 10.1. The van der Waals surface area contributed by atoms with Crippen molar-refractivity contribution in [3.63, 3.8) is 0 Å². The summed E-state index contributed by atoms with van der Waals surface area (Å²) in [5.74, 6) is 0. The van der Waals surface area contributed by atoms with Gasteiger partial charge in [0.25, 0.3) is 0 Å². The van der Waals surface area contributed by atoms with Crippen LogP contribution in [0.15, 0.2) is 35.4 Å². The van der Waals surface area contributed by atoms with E-state index in [4.69, 9.17) is 0 Å². The number of pyridine rings is 1. The lowest BCUT2D eigenvalue weighted by Gasteiger charge is -2.04. The zero-order chi connectivity index (χ0) is 12.0. The van der Waals surface area contributed by atoms with Crippen molar-refractivity contribution in [3.05, 3.63) is 36.0 Å². The Labute approximate surface area is 105 Å². The molecule has 3 aromatic rings. The zero-order valence-electron chi connectivity index (χ0n) is 10.2. The van der Waals surface area contributed by atoms with Crippen molar-refractivity contribution in [1.29, 1.82) is 0 Å². The van der Waals surface area contributed by atoms with Gasteiger partial charge in [-0.05, 0) is 24.8 Å². The van der Waals surface area contributed by atoms with Gasteiger partial charge in [-0.2, -0.15) is 0 Å². The van der Waals surface area contributed by atoms with Crippen molar-refractivity contribution in [2.75, 3.05) is 6.26 Å². The van der Waals surface area contributed by atoms with Gasteiger partial charge in [0.15, 0.2) is 0 Å². The van der Waals surface area contributed by atoms with Gasteiger partial charge in [-0.15, -0.1) is 11.8 Å². The Bertz CT molecular complexity index is 713. The Hall–Kier alpha value is -1.48. The van der Waals surface area contributed by atoms with Crippen LogP contribution in [0.5, 0.6) is 0 Å². The van der Waals surface area contributed by atoms with Crippen LogP contribution >= 0.6 is 11.8 Å². The number of aryl methyl sites for hydroxylation is 2. The lowest BCUT2D eigenvalue weighted by molar-refractivity contribution is 0.985. The fourth-order valence-electron chi connectivity index (χ4n) is 2.43. The van der Waals surface area contributed by atoms with E-state index in [1.165, 1.54) is 26.7 Å². The van der Waals surface area contributed by atoms with Crippen LogP contribution in [-0.4, -0.2) is 15.8 Å². The van der Waals surface area contributed by atoms with Crippen molar-refractivity contribution in [3.8, 4) is 0 Å². The monoisotopic (exact) mass is 242 g/mol. The van der Waals surface area contributed by atoms with Gasteiger partial charge in [-0.25, -0.2) is 4.98 Å². The van der Waals surface area contributed by atoms with Crippen molar-refractivity contribution in [2.45, 2.75) is 11.8 Å². The highest BCUT2D eigenvalue weighted by atomic mass is 32.2. The smallest absolute Gasteiger partial charge is 0.141 e. The molecular formula is C14H14N2S. The summed E-state index contributed by atoms with van der Waals surface area (Å²) in [5.41, 5.74) is 3.57. The molecule has 2 nitrogen and oxygen atoms in total. The third-order valence-electron chi connectivity index (χ3n) is 3.25. The van der Waals surface area contributed by atoms with Gasteiger partial charge < -0.3 is 4.57 Å². The van der Waals surface area contributed by atoms with E-state index in [1.807, 2.05) is 6.20 Å². The molecule has 0 aliphatic heterocycles. The Morgan fingerprint density at radius 3 is 2.76 bits per heavy atom. The summed E-state index contributed by atoms with van der Waals surface area (Å²) in [4.78, 5) is 5.92. The average molecular weight is 242 g/mol. The predicted octanol–water partition coefficient (Wildman–Crippen LogP) is 3.76. The molecule has 86 valence electrons. The first-order chi connectivity index (χ1) is 8.24. The maximum atomic E-state index is 4.58. The molecule has 3 rings (SSSR count). The van der Waals surface area contributed by atoms with Crippen molar-refractivity contribution in [2.24, 2.45) is 7.05 Å². The second-order valence-corrected chi connectivity index (χ2v) is 5.07. The molecule has 2 heterocycles. The number of aromatic nitrogens is 2. The Balaban J connectivity index is 2.63. The highest BCUT2D eigenvalue weighted by Crippen LogP contribution is 2.35. The summed E-state index contributed by atoms with van der Waals surface area (Å²) in [5, 5.41) is 2.58. The molecule has 0 radical (unpaired) electrons. The summed E-state index contributed by atoms with van der Waals surface area (Å²) >= 11 is 1.80. The van der Waals surface area contributed by atoms with Crippen LogP contribution in [0, 0.1) is 6.92 Å². The molecule has 0 atom stereocenters. The van der Waals surface area contributed by atoms with Gasteiger partial charge in [0.2, 0.25) is 0 Å². The van der Waals surface area contributed by atoms with Crippen molar-refractivity contribution in [1.82, 2.24) is 9.55 Å². The summed E-state index contributed by atoms with van der Waals surface area (Å²) in [6.07, 6.45) is 4.09. The number of para-hydroxylation sites is 1. The standard InChI is InChI=1S/C14H14N2S/c1-9-8-15-14-12(13(9)17-3)10-6-4-5-7-11(10)16(14)2/h4-8H,1-3H3. The number of benzene rings is 1. The normalized spacial score (nSPS) is 11.5. The second-order valence-electron chi connectivity index (χ2n) is 4.25. The van der Waals surface area contributed by atoms with E-state index in [1.54, 1.807) is 11.8 Å². The van der Waals surface area contributed by atoms with E-state index in [2.05, 4.69) is 54.0 Å². The molecule has 0 N–H and O–H groups in total. The van der Waals surface area contributed by atoms with Crippen LogP contribution in [0.4, 0.5) is 0 Å². The molecule has 0 saturated heterocycles. The molecule has 0 aliphatic rings. The lowest BCUT2D eigenvalue weighted by Crippen LogP contribution is -1.90. The maximum Gasteiger partial charge on any atom is 0.141 e. The minimum absolute atomic E-state index is 1.07. The molecular weight excluding hydrogens is 228 g/mol. The molecule has 2 aromatic heterocycles. The Kier molecular flexibility index (Phi) is 2.37. The first-order valence-corrected chi connectivity index (χ1v) is 6.83. The second kappa shape index (κ2) is 3.77. The Morgan fingerprint density at radius 1 is 1.24 bits per heavy atom. The van der Waals surface area contributed by atoms with Gasteiger partial charge in [0, 0.05) is 28.9 Å². The average Bonchev–Trinajstić information content (AvgIpc) is 2.64. The topological polar surface area (TPSA) is 17.8 Å². The third kappa shape index (κ3) is 1.39. The zero-order valence-corrected chi connectivity index (χ0v) is 11.0. The van der Waals surface area contributed by atoms with E-state index in [-0.39, 0.29) is 0 Å². The minimum Gasteiger partial charge on any atom is -0.328 e. The van der Waals surface area contributed by atoms with E-state index in [0.717, 1.165) is 5.65 Å². The molecule has 17 heavy (non-hydrogen) atoms. The Morgan fingerprint density at radius 2 is 2.00 bits per heavy atom. The van der Waals surface area contributed by atoms with E-state index >= 15 is 0 Å². The number of nitrogens with zero attached hydrogens (tertiary/aromatic N) is 2. The maximum absolute atomic E-state index is 4.58. The molecule has 0 saturated carbocycles. The third-order valence-corrected chi connectivity index (χ3v) is 4.18. The van der Waals surface area contributed by atoms with Gasteiger partial charge in [-0.1, -0.05) is 18.2 Å². The molecule has 0 bridgehead atoms. The van der Waals surface area contributed by atoms with Gasteiger partial charge in [0.1, 0.15) is 5.65 Å². The molecule has 0 unspecified atom stereocenters. The van der Waals surface area contributed by atoms with Crippen LogP contribution in [-0.2, 0) is 7.05 Å². The van der Waals surface area contributed by atoms with Crippen molar-refractivity contribution >= 4 is 33.7 Å². The predicted molar refractivity (Wildman–Crippen MR) is 74.7 cm³/mol. The SMILES string of the molecule is CSc1c(C)cnc2c1c1ccccc1n2C. The van der Waals surface area contributed by atoms with Gasteiger partial charge in [-0.3, -0.25) is 0 Å². The van der Waals surface area contributed by atoms with Gasteiger partial charge >= 0.3 is 0 Å². The summed E-state index contributed by atoms with van der Waals surface area (Å²) < 4.78 is 2.17. The largest absolute Gasteiger partial charge is 0.328 e. The van der Waals surface area contributed by atoms with E-state index in [0.29, 0.717) is 0 Å². The van der Waals surface area contributed by atoms with Crippen LogP contribution in [0.1, 0.15) is 5.56 Å². The molecule has 1 aromatic carbocycles. The molecule has 0 spiro atoms. The summed E-state index contributed by atoms with van der Waals surface area (Å²) in [6.45, 7) is 2.13. The molecule has 0 aliphatic carbocycles. The molecule has 3 heteroatoms. The highest BCUT2D eigenvalue weighted by Gasteiger charge is 2.13. The van der Waals surface area contributed by atoms with Crippen LogP contribution < -0.4 is 0 Å².